The number of hydrogen-bond donors (Lipinski definition) is 1. The van der Waals surface area contributed by atoms with Gasteiger partial charge in [0.25, 0.3) is 5.91 Å². The Morgan fingerprint density at radius 1 is 1.03 bits per heavy atom. The highest BCUT2D eigenvalue weighted by Crippen LogP contribution is 2.35. The molecule has 5 rings (SSSR count). The van der Waals surface area contributed by atoms with E-state index in [0.717, 1.165) is 47.8 Å². The lowest BCUT2D eigenvalue weighted by atomic mass is 9.97. The minimum atomic E-state index is -4.43. The van der Waals surface area contributed by atoms with Gasteiger partial charge in [-0.1, -0.05) is 43.9 Å². The van der Waals surface area contributed by atoms with Crippen molar-refractivity contribution in [2.75, 3.05) is 11.4 Å². The maximum absolute atomic E-state index is 13.6. The van der Waals surface area contributed by atoms with E-state index in [0.29, 0.717) is 19.6 Å². The SMILES string of the molecule is O=C(c1ccc(C(F)(F)F)cc1)N1Cc2ccccc2N(Cc2cnc[nH]2)[C@H](CCC2CCCC2)C1. The average Bonchev–Trinajstić information content (AvgIpc) is 3.56. The van der Waals surface area contributed by atoms with Crippen LogP contribution in [0.1, 0.15) is 65.7 Å². The van der Waals surface area contributed by atoms with Crippen LogP contribution in [0.5, 0.6) is 0 Å². The molecule has 1 aromatic heterocycles. The highest BCUT2D eigenvalue weighted by Gasteiger charge is 2.33. The summed E-state index contributed by atoms with van der Waals surface area (Å²) in [5.74, 6) is 0.476. The Hall–Kier alpha value is -3.29. The first-order chi connectivity index (χ1) is 17.4. The van der Waals surface area contributed by atoms with Gasteiger partial charge in [0.2, 0.25) is 0 Å². The lowest BCUT2D eigenvalue weighted by Crippen LogP contribution is -2.43. The number of benzene rings is 2. The molecule has 1 aliphatic carbocycles. The molecule has 0 bridgehead atoms. The third kappa shape index (κ3) is 5.42. The van der Waals surface area contributed by atoms with E-state index in [1.807, 2.05) is 24.4 Å². The summed E-state index contributed by atoms with van der Waals surface area (Å²) < 4.78 is 39.1. The van der Waals surface area contributed by atoms with Gasteiger partial charge in [-0.05, 0) is 54.7 Å². The number of para-hydroxylation sites is 1. The molecule has 2 aliphatic rings. The Labute approximate surface area is 209 Å². The monoisotopic (exact) mass is 496 g/mol. The second kappa shape index (κ2) is 10.4. The molecule has 5 nitrogen and oxygen atoms in total. The third-order valence-electron chi connectivity index (χ3n) is 7.56. The van der Waals surface area contributed by atoms with E-state index < -0.39 is 11.7 Å². The standard InChI is InChI=1S/C28H31F3N4O/c29-28(30,31)23-12-10-21(11-13-23)27(36)34-16-22-7-3-4-8-26(22)35(17-24-15-32-19-33-24)25(18-34)14-9-20-5-1-2-6-20/h3-4,7-8,10-13,15,19-20,25H,1-2,5-6,9,14,16-18H2,(H,32,33)/t25-/m1/s1. The van der Waals surface area contributed by atoms with Gasteiger partial charge in [-0.2, -0.15) is 13.2 Å². The van der Waals surface area contributed by atoms with Gasteiger partial charge in [0.05, 0.1) is 24.1 Å². The number of fused-ring (bicyclic) bond motifs is 1. The minimum Gasteiger partial charge on any atom is -0.361 e. The molecule has 2 heterocycles. The Bertz CT molecular complexity index is 1150. The molecule has 1 aliphatic heterocycles. The van der Waals surface area contributed by atoms with Gasteiger partial charge < -0.3 is 14.8 Å². The maximum atomic E-state index is 13.6. The van der Waals surface area contributed by atoms with Gasteiger partial charge in [0, 0.05) is 36.6 Å². The molecule has 36 heavy (non-hydrogen) atoms. The van der Waals surface area contributed by atoms with Crippen molar-refractivity contribution in [2.24, 2.45) is 5.92 Å². The number of anilines is 1. The van der Waals surface area contributed by atoms with E-state index in [4.69, 9.17) is 0 Å². The summed E-state index contributed by atoms with van der Waals surface area (Å²) in [7, 11) is 0. The molecule has 1 amide bonds. The molecule has 3 aromatic rings. The Morgan fingerprint density at radius 2 is 1.78 bits per heavy atom. The van der Waals surface area contributed by atoms with Gasteiger partial charge in [-0.15, -0.1) is 0 Å². The van der Waals surface area contributed by atoms with E-state index in [-0.39, 0.29) is 17.5 Å². The van der Waals surface area contributed by atoms with Crippen LogP contribution in [-0.4, -0.2) is 33.4 Å². The summed E-state index contributed by atoms with van der Waals surface area (Å²) in [6.07, 6.45) is 6.22. The Morgan fingerprint density at radius 3 is 2.47 bits per heavy atom. The number of aromatic amines is 1. The van der Waals surface area contributed by atoms with Crippen molar-refractivity contribution in [1.82, 2.24) is 14.9 Å². The average molecular weight is 497 g/mol. The topological polar surface area (TPSA) is 52.2 Å². The fourth-order valence-electron chi connectivity index (χ4n) is 5.63. The second-order valence-corrected chi connectivity index (χ2v) is 9.98. The van der Waals surface area contributed by atoms with E-state index in [2.05, 4.69) is 20.9 Å². The van der Waals surface area contributed by atoms with E-state index in [1.165, 1.54) is 37.8 Å². The summed E-state index contributed by atoms with van der Waals surface area (Å²) in [4.78, 5) is 25.1. The van der Waals surface area contributed by atoms with Gasteiger partial charge in [-0.3, -0.25) is 4.79 Å². The van der Waals surface area contributed by atoms with Crippen LogP contribution in [0.3, 0.4) is 0 Å². The molecule has 0 spiro atoms. The summed E-state index contributed by atoms with van der Waals surface area (Å²) in [5, 5.41) is 0. The van der Waals surface area contributed by atoms with E-state index in [9.17, 15) is 18.0 Å². The van der Waals surface area contributed by atoms with Crippen molar-refractivity contribution in [3.05, 3.63) is 83.4 Å². The highest BCUT2D eigenvalue weighted by atomic mass is 19.4. The first-order valence-electron chi connectivity index (χ1n) is 12.7. The van der Waals surface area contributed by atoms with Gasteiger partial charge in [-0.25, -0.2) is 4.98 Å². The zero-order chi connectivity index (χ0) is 25.1. The van der Waals surface area contributed by atoms with Crippen molar-refractivity contribution in [2.45, 2.75) is 63.8 Å². The van der Waals surface area contributed by atoms with Crippen molar-refractivity contribution < 1.29 is 18.0 Å². The normalized spacial score (nSPS) is 18.8. The largest absolute Gasteiger partial charge is 0.416 e. The van der Waals surface area contributed by atoms with Crippen LogP contribution >= 0.6 is 0 Å². The van der Waals surface area contributed by atoms with Gasteiger partial charge in [0.15, 0.2) is 0 Å². The van der Waals surface area contributed by atoms with Crippen LogP contribution in [0.2, 0.25) is 0 Å². The first kappa shape index (κ1) is 24.4. The summed E-state index contributed by atoms with van der Waals surface area (Å²) in [6.45, 7) is 1.57. The predicted molar refractivity (Wildman–Crippen MR) is 132 cm³/mol. The van der Waals surface area contributed by atoms with Crippen LogP contribution < -0.4 is 4.90 Å². The van der Waals surface area contributed by atoms with E-state index in [1.54, 1.807) is 11.2 Å². The highest BCUT2D eigenvalue weighted by molar-refractivity contribution is 5.94. The quantitative estimate of drug-likeness (QED) is 0.428. The van der Waals surface area contributed by atoms with Crippen LogP contribution in [-0.2, 0) is 19.3 Å². The molecular weight excluding hydrogens is 465 g/mol. The fraction of sp³-hybridized carbons (Fsp3) is 0.429. The number of hydrogen-bond acceptors (Lipinski definition) is 3. The zero-order valence-corrected chi connectivity index (χ0v) is 20.2. The first-order valence-corrected chi connectivity index (χ1v) is 12.7. The predicted octanol–water partition coefficient (Wildman–Crippen LogP) is 6.43. The lowest BCUT2D eigenvalue weighted by Gasteiger charge is -2.34. The number of rotatable bonds is 6. The van der Waals surface area contributed by atoms with Gasteiger partial charge in [0.1, 0.15) is 0 Å². The van der Waals surface area contributed by atoms with Crippen LogP contribution in [0.15, 0.2) is 61.1 Å². The molecule has 0 saturated heterocycles. The maximum Gasteiger partial charge on any atom is 0.416 e. The number of nitrogens with zero attached hydrogens (tertiary/aromatic N) is 3. The fourth-order valence-corrected chi connectivity index (χ4v) is 5.63. The minimum absolute atomic E-state index is 0.0796. The molecule has 190 valence electrons. The Balaban J connectivity index is 1.45. The summed E-state index contributed by atoms with van der Waals surface area (Å²) in [5.41, 5.74) is 2.64. The molecule has 2 aromatic carbocycles. The number of nitrogens with one attached hydrogen (secondary N) is 1. The van der Waals surface area contributed by atoms with Crippen molar-refractivity contribution in [3.8, 4) is 0 Å². The number of halogens is 3. The number of imidazole rings is 1. The smallest absolute Gasteiger partial charge is 0.361 e. The third-order valence-corrected chi connectivity index (χ3v) is 7.56. The van der Waals surface area contributed by atoms with Crippen molar-refractivity contribution in [1.29, 1.82) is 0 Å². The molecule has 8 heteroatoms. The number of amides is 1. The second-order valence-electron chi connectivity index (χ2n) is 9.98. The molecule has 0 radical (unpaired) electrons. The number of H-pyrrole nitrogens is 1. The van der Waals surface area contributed by atoms with Gasteiger partial charge >= 0.3 is 6.18 Å². The molecular formula is C28H31F3N4O. The van der Waals surface area contributed by atoms with Crippen molar-refractivity contribution >= 4 is 11.6 Å². The van der Waals surface area contributed by atoms with Crippen LogP contribution in [0.4, 0.5) is 18.9 Å². The lowest BCUT2D eigenvalue weighted by molar-refractivity contribution is -0.137. The molecule has 1 atom stereocenters. The van der Waals surface area contributed by atoms with Crippen LogP contribution in [0, 0.1) is 5.92 Å². The number of alkyl halides is 3. The number of aromatic nitrogens is 2. The van der Waals surface area contributed by atoms with Crippen molar-refractivity contribution in [3.63, 3.8) is 0 Å². The number of carbonyl (C=O) groups is 1. The molecule has 1 saturated carbocycles. The molecule has 1 N–H and O–H groups in total. The Kier molecular flexibility index (Phi) is 7.03. The van der Waals surface area contributed by atoms with Crippen LogP contribution in [0.25, 0.3) is 0 Å². The molecule has 0 unspecified atom stereocenters. The zero-order valence-electron chi connectivity index (χ0n) is 20.2. The number of carbonyl (C=O) groups excluding carboxylic acids is 1. The van der Waals surface area contributed by atoms with E-state index >= 15 is 0 Å². The molecule has 1 fully saturated rings. The summed E-state index contributed by atoms with van der Waals surface area (Å²) in [6, 6.07) is 12.7. The summed E-state index contributed by atoms with van der Waals surface area (Å²) >= 11 is 0.